The number of amides is 2. The van der Waals surface area contributed by atoms with E-state index in [0.717, 1.165) is 0 Å². The molecule has 0 aliphatic rings. The number of ether oxygens (including phenoxy) is 3. The van der Waals surface area contributed by atoms with Crippen LogP contribution < -0.4 is 25.1 Å². The van der Waals surface area contributed by atoms with Crippen LogP contribution in [0.25, 0.3) is 0 Å². The largest absolute Gasteiger partial charge is 0.493 e. The number of hydrazine groups is 1. The molecule has 1 atom stereocenters. The molecule has 2 aromatic rings. The van der Waals surface area contributed by atoms with Gasteiger partial charge in [-0.1, -0.05) is 35.9 Å². The molecular weight excluding hydrogens is 360 g/mol. The summed E-state index contributed by atoms with van der Waals surface area (Å²) in [7, 11) is 1.51. The van der Waals surface area contributed by atoms with Gasteiger partial charge in [0.1, 0.15) is 5.75 Å². The second-order valence-electron chi connectivity index (χ2n) is 5.17. The van der Waals surface area contributed by atoms with Crippen molar-refractivity contribution in [1.29, 1.82) is 0 Å². The zero-order valence-corrected chi connectivity index (χ0v) is 15.1. The van der Waals surface area contributed by atoms with Crippen molar-refractivity contribution >= 4 is 23.4 Å². The third-order valence-corrected chi connectivity index (χ3v) is 3.57. The van der Waals surface area contributed by atoms with E-state index in [1.54, 1.807) is 55.5 Å². The van der Waals surface area contributed by atoms with Gasteiger partial charge in [0.15, 0.2) is 24.2 Å². The van der Waals surface area contributed by atoms with E-state index in [1.807, 2.05) is 0 Å². The summed E-state index contributed by atoms with van der Waals surface area (Å²) in [5.41, 5.74) is 4.52. The van der Waals surface area contributed by atoms with Gasteiger partial charge in [-0.2, -0.15) is 0 Å². The number of benzene rings is 2. The molecule has 26 heavy (non-hydrogen) atoms. The average Bonchev–Trinajstić information content (AvgIpc) is 2.65. The number of halogens is 1. The molecule has 0 heterocycles. The number of carbonyl (C=O) groups excluding carboxylic acids is 2. The Hall–Kier alpha value is -2.93. The Kier molecular flexibility index (Phi) is 7.11. The Morgan fingerprint density at radius 1 is 1.00 bits per heavy atom. The maximum Gasteiger partial charge on any atom is 0.279 e. The summed E-state index contributed by atoms with van der Waals surface area (Å²) in [4.78, 5) is 23.8. The summed E-state index contributed by atoms with van der Waals surface area (Å²) in [6.45, 7) is 1.25. The highest BCUT2D eigenvalue weighted by molar-refractivity contribution is 6.32. The molecule has 2 aromatic carbocycles. The number of hydrogen-bond acceptors (Lipinski definition) is 5. The second-order valence-corrected chi connectivity index (χ2v) is 5.57. The minimum absolute atomic E-state index is 0.300. The van der Waals surface area contributed by atoms with Gasteiger partial charge >= 0.3 is 0 Å². The van der Waals surface area contributed by atoms with Crippen LogP contribution in [0.5, 0.6) is 17.2 Å². The van der Waals surface area contributed by atoms with E-state index >= 15 is 0 Å². The third kappa shape index (κ3) is 5.56. The summed E-state index contributed by atoms with van der Waals surface area (Å²) in [6, 6.07) is 13.7. The molecule has 0 aromatic heterocycles. The molecule has 0 saturated carbocycles. The molecule has 2 rings (SSSR count). The van der Waals surface area contributed by atoms with Gasteiger partial charge in [-0.25, -0.2) is 0 Å². The molecule has 0 radical (unpaired) electrons. The Morgan fingerprint density at radius 3 is 2.27 bits per heavy atom. The van der Waals surface area contributed by atoms with Crippen LogP contribution >= 0.6 is 11.6 Å². The molecule has 2 N–H and O–H groups in total. The van der Waals surface area contributed by atoms with Gasteiger partial charge in [0.05, 0.1) is 12.1 Å². The monoisotopic (exact) mass is 378 g/mol. The van der Waals surface area contributed by atoms with Crippen molar-refractivity contribution in [2.75, 3.05) is 13.7 Å². The van der Waals surface area contributed by atoms with Crippen LogP contribution in [0.15, 0.2) is 48.5 Å². The number of nitrogens with one attached hydrogen (secondary N) is 2. The van der Waals surface area contributed by atoms with Crippen LogP contribution in [0.4, 0.5) is 0 Å². The third-order valence-electron chi connectivity index (χ3n) is 3.26. The molecule has 2 amide bonds. The number of rotatable bonds is 7. The fraction of sp³-hybridized carbons (Fsp3) is 0.222. The van der Waals surface area contributed by atoms with Crippen molar-refractivity contribution in [3.63, 3.8) is 0 Å². The highest BCUT2D eigenvalue weighted by Crippen LogP contribution is 2.26. The van der Waals surface area contributed by atoms with Gasteiger partial charge < -0.3 is 14.2 Å². The normalized spacial score (nSPS) is 11.2. The van der Waals surface area contributed by atoms with E-state index in [9.17, 15) is 9.59 Å². The van der Waals surface area contributed by atoms with Gasteiger partial charge in [0, 0.05) is 0 Å². The minimum atomic E-state index is -0.851. The molecule has 138 valence electrons. The number of carbonyl (C=O) groups is 2. The Morgan fingerprint density at radius 2 is 1.62 bits per heavy atom. The topological polar surface area (TPSA) is 85.9 Å². The molecule has 0 bridgehead atoms. The van der Waals surface area contributed by atoms with E-state index < -0.39 is 17.9 Å². The Labute approximate surface area is 156 Å². The van der Waals surface area contributed by atoms with Crippen molar-refractivity contribution in [2.45, 2.75) is 13.0 Å². The van der Waals surface area contributed by atoms with Crippen molar-refractivity contribution < 1.29 is 23.8 Å². The first-order chi connectivity index (χ1) is 12.5. The highest BCUT2D eigenvalue weighted by Gasteiger charge is 2.17. The van der Waals surface area contributed by atoms with Crippen LogP contribution in [-0.2, 0) is 9.59 Å². The lowest BCUT2D eigenvalue weighted by atomic mass is 10.3. The van der Waals surface area contributed by atoms with Gasteiger partial charge in [0.2, 0.25) is 0 Å². The van der Waals surface area contributed by atoms with E-state index in [0.29, 0.717) is 22.3 Å². The summed E-state index contributed by atoms with van der Waals surface area (Å²) in [5, 5.41) is 0.392. The predicted molar refractivity (Wildman–Crippen MR) is 96.3 cm³/mol. The number of methoxy groups -OCH3 is 1. The Bertz CT molecular complexity index is 769. The lowest BCUT2D eigenvalue weighted by Gasteiger charge is -2.17. The lowest BCUT2D eigenvalue weighted by molar-refractivity contribution is -0.133. The molecule has 0 spiro atoms. The van der Waals surface area contributed by atoms with Gasteiger partial charge in [-0.05, 0) is 31.2 Å². The zero-order chi connectivity index (χ0) is 18.9. The van der Waals surface area contributed by atoms with Gasteiger partial charge in [-0.15, -0.1) is 0 Å². The van der Waals surface area contributed by atoms with E-state index in [4.69, 9.17) is 25.8 Å². The van der Waals surface area contributed by atoms with Crippen molar-refractivity contribution in [3.05, 3.63) is 53.6 Å². The lowest BCUT2D eigenvalue weighted by Crippen LogP contribution is -2.48. The molecular formula is C18H19ClN2O5. The van der Waals surface area contributed by atoms with Crippen LogP contribution in [0.3, 0.4) is 0 Å². The van der Waals surface area contributed by atoms with Gasteiger partial charge in [0.25, 0.3) is 11.8 Å². The van der Waals surface area contributed by atoms with E-state index in [1.165, 1.54) is 7.11 Å². The fourth-order valence-corrected chi connectivity index (χ4v) is 2.12. The number of para-hydroxylation sites is 3. The maximum absolute atomic E-state index is 12.0. The molecule has 0 saturated heterocycles. The van der Waals surface area contributed by atoms with Crippen LogP contribution in [0.1, 0.15) is 6.92 Å². The molecule has 0 fully saturated rings. The predicted octanol–water partition coefficient (Wildman–Crippen LogP) is 2.34. The van der Waals surface area contributed by atoms with Crippen LogP contribution in [0, 0.1) is 0 Å². The van der Waals surface area contributed by atoms with Gasteiger partial charge in [-0.3, -0.25) is 20.4 Å². The SMILES string of the molecule is COc1ccccc1OC(C)C(=O)NNC(=O)COc1ccccc1Cl. The quantitative estimate of drug-likeness (QED) is 0.722. The van der Waals surface area contributed by atoms with Crippen molar-refractivity contribution in [2.24, 2.45) is 0 Å². The van der Waals surface area contributed by atoms with E-state index in [-0.39, 0.29) is 6.61 Å². The zero-order valence-electron chi connectivity index (χ0n) is 14.3. The summed E-state index contributed by atoms with van der Waals surface area (Å²) >= 11 is 5.93. The average molecular weight is 379 g/mol. The maximum atomic E-state index is 12.0. The Balaban J connectivity index is 1.78. The van der Waals surface area contributed by atoms with Crippen molar-refractivity contribution in [1.82, 2.24) is 10.9 Å². The molecule has 1 unspecified atom stereocenters. The number of hydrogen-bond donors (Lipinski definition) is 2. The molecule has 8 heteroatoms. The molecule has 0 aliphatic carbocycles. The summed E-state index contributed by atoms with van der Waals surface area (Å²) < 4.78 is 16.0. The highest BCUT2D eigenvalue weighted by atomic mass is 35.5. The molecule has 7 nitrogen and oxygen atoms in total. The summed E-state index contributed by atoms with van der Waals surface area (Å²) in [5.74, 6) is 0.239. The van der Waals surface area contributed by atoms with Crippen LogP contribution in [0.2, 0.25) is 5.02 Å². The fourth-order valence-electron chi connectivity index (χ4n) is 1.93. The first kappa shape index (κ1) is 19.4. The standard InChI is InChI=1S/C18H19ClN2O5/c1-12(26-16-10-6-5-9-15(16)24-2)18(23)21-20-17(22)11-25-14-8-4-3-7-13(14)19/h3-10,12H,11H2,1-2H3,(H,20,22)(H,21,23). The first-order valence-electron chi connectivity index (χ1n) is 7.77. The van der Waals surface area contributed by atoms with E-state index in [2.05, 4.69) is 10.9 Å². The summed E-state index contributed by atoms with van der Waals surface area (Å²) in [6.07, 6.45) is -0.851. The van der Waals surface area contributed by atoms with Crippen LogP contribution in [-0.4, -0.2) is 31.6 Å². The first-order valence-corrected chi connectivity index (χ1v) is 8.14. The van der Waals surface area contributed by atoms with Crippen molar-refractivity contribution in [3.8, 4) is 17.2 Å². The second kappa shape index (κ2) is 9.53. The minimum Gasteiger partial charge on any atom is -0.493 e. The molecule has 0 aliphatic heterocycles. The smallest absolute Gasteiger partial charge is 0.279 e.